The Kier molecular flexibility index (Phi) is 5.18. The highest BCUT2D eigenvalue weighted by atomic mass is 32.2. The first-order valence-electron chi connectivity index (χ1n) is 7.67. The van der Waals surface area contributed by atoms with Crippen molar-refractivity contribution in [3.8, 4) is 0 Å². The molecule has 0 saturated heterocycles. The molecule has 1 aliphatic carbocycles. The van der Waals surface area contributed by atoms with E-state index in [1.807, 2.05) is 11.8 Å². The van der Waals surface area contributed by atoms with Crippen LogP contribution < -0.4 is 5.32 Å². The first kappa shape index (κ1) is 15.2. The fraction of sp³-hybridized carbons (Fsp3) is 0.933. The Morgan fingerprint density at radius 1 is 1.37 bits per heavy atom. The maximum Gasteiger partial charge on any atom is 0.156 e. The van der Waals surface area contributed by atoms with Crippen molar-refractivity contribution in [2.75, 3.05) is 26.2 Å². The molecule has 1 unspecified atom stereocenters. The summed E-state index contributed by atoms with van der Waals surface area (Å²) in [6.07, 6.45) is 4.05. The predicted octanol–water partition coefficient (Wildman–Crippen LogP) is 2.97. The predicted molar refractivity (Wildman–Crippen MR) is 86.0 cm³/mol. The normalized spacial score (nSPS) is 23.8. The van der Waals surface area contributed by atoms with Gasteiger partial charge in [0.25, 0.3) is 0 Å². The lowest BCUT2D eigenvalue weighted by molar-refractivity contribution is 0.282. The summed E-state index contributed by atoms with van der Waals surface area (Å²) in [5.41, 5.74) is 0.410. The number of rotatable bonds is 6. The van der Waals surface area contributed by atoms with Crippen LogP contribution in [0.25, 0.3) is 0 Å². The number of hydrogen-bond acceptors (Lipinski definition) is 4. The first-order chi connectivity index (χ1) is 8.98. The Labute approximate surface area is 122 Å². The fourth-order valence-corrected chi connectivity index (χ4v) is 4.03. The molecule has 0 bridgehead atoms. The van der Waals surface area contributed by atoms with E-state index in [9.17, 15) is 0 Å². The van der Waals surface area contributed by atoms with Crippen LogP contribution in [0.1, 0.15) is 47.0 Å². The van der Waals surface area contributed by atoms with Crippen LogP contribution in [-0.2, 0) is 0 Å². The van der Waals surface area contributed by atoms with Gasteiger partial charge in [0.1, 0.15) is 0 Å². The highest BCUT2D eigenvalue weighted by Crippen LogP contribution is 2.31. The average Bonchev–Trinajstić information content (AvgIpc) is 3.06. The molecule has 1 atom stereocenters. The van der Waals surface area contributed by atoms with Gasteiger partial charge in [-0.15, -0.1) is 0 Å². The van der Waals surface area contributed by atoms with Crippen LogP contribution in [0.15, 0.2) is 4.99 Å². The molecule has 0 aromatic heterocycles. The summed E-state index contributed by atoms with van der Waals surface area (Å²) in [5, 5.41) is 5.36. The first-order valence-corrected chi connectivity index (χ1v) is 8.55. The van der Waals surface area contributed by atoms with Gasteiger partial charge >= 0.3 is 0 Å². The molecule has 1 aliphatic heterocycles. The van der Waals surface area contributed by atoms with Crippen molar-refractivity contribution in [1.29, 1.82) is 0 Å². The van der Waals surface area contributed by atoms with Gasteiger partial charge in [-0.3, -0.25) is 9.89 Å². The van der Waals surface area contributed by atoms with Crippen molar-refractivity contribution in [3.63, 3.8) is 0 Å². The zero-order valence-corrected chi connectivity index (χ0v) is 13.7. The van der Waals surface area contributed by atoms with Gasteiger partial charge in [-0.25, -0.2) is 0 Å². The maximum absolute atomic E-state index is 4.63. The molecule has 19 heavy (non-hydrogen) atoms. The van der Waals surface area contributed by atoms with Gasteiger partial charge in [-0.05, 0) is 31.2 Å². The lowest BCUT2D eigenvalue weighted by atomic mass is 9.90. The van der Waals surface area contributed by atoms with E-state index in [-0.39, 0.29) is 0 Å². The van der Waals surface area contributed by atoms with Crippen molar-refractivity contribution >= 4 is 16.9 Å². The zero-order valence-electron chi connectivity index (χ0n) is 12.9. The van der Waals surface area contributed by atoms with Crippen LogP contribution in [0.2, 0.25) is 0 Å². The third-order valence-corrected chi connectivity index (χ3v) is 4.85. The zero-order chi connectivity index (χ0) is 13.9. The molecule has 1 fully saturated rings. The van der Waals surface area contributed by atoms with Crippen LogP contribution in [0.5, 0.6) is 0 Å². The number of aliphatic imine (C=N–C) groups is 1. The molecule has 2 aliphatic rings. The molecular weight excluding hydrogens is 254 g/mol. The quantitative estimate of drug-likeness (QED) is 0.812. The lowest BCUT2D eigenvalue weighted by Crippen LogP contribution is -2.35. The summed E-state index contributed by atoms with van der Waals surface area (Å²) in [7, 11) is 0. The second-order valence-corrected chi connectivity index (χ2v) is 8.23. The highest BCUT2D eigenvalue weighted by Gasteiger charge is 2.28. The Hall–Kier alpha value is -0.220. The molecule has 0 amide bonds. The van der Waals surface area contributed by atoms with E-state index >= 15 is 0 Å². The maximum atomic E-state index is 4.63. The summed E-state index contributed by atoms with van der Waals surface area (Å²) in [4.78, 5) is 7.22. The van der Waals surface area contributed by atoms with Crippen molar-refractivity contribution in [2.45, 2.75) is 58.2 Å². The van der Waals surface area contributed by atoms with E-state index in [4.69, 9.17) is 0 Å². The molecule has 0 spiro atoms. The van der Waals surface area contributed by atoms with Crippen LogP contribution in [0.3, 0.4) is 0 Å². The van der Waals surface area contributed by atoms with Crippen LogP contribution >= 0.6 is 11.8 Å². The van der Waals surface area contributed by atoms with E-state index in [1.54, 1.807) is 0 Å². The minimum absolute atomic E-state index is 0.410. The number of hydrogen-bond donors (Lipinski definition) is 1. The Morgan fingerprint density at radius 2 is 2.11 bits per heavy atom. The van der Waals surface area contributed by atoms with Crippen molar-refractivity contribution in [3.05, 3.63) is 0 Å². The summed E-state index contributed by atoms with van der Waals surface area (Å²) in [6, 6.07) is 0.874. The molecule has 0 aromatic rings. The van der Waals surface area contributed by atoms with Gasteiger partial charge in [0.15, 0.2) is 5.17 Å². The van der Waals surface area contributed by atoms with Crippen molar-refractivity contribution < 1.29 is 0 Å². The second-order valence-electron chi connectivity index (χ2n) is 6.94. The summed E-state index contributed by atoms with van der Waals surface area (Å²) < 4.78 is 0. The minimum Gasteiger partial charge on any atom is -0.364 e. The van der Waals surface area contributed by atoms with Crippen LogP contribution in [-0.4, -0.2) is 47.5 Å². The molecule has 1 heterocycles. The molecule has 1 saturated carbocycles. The third-order valence-electron chi connectivity index (χ3n) is 3.70. The Balaban J connectivity index is 1.62. The van der Waals surface area contributed by atoms with E-state index in [1.165, 1.54) is 31.0 Å². The van der Waals surface area contributed by atoms with Gasteiger partial charge in [-0.2, -0.15) is 0 Å². The molecular formula is C15H29N3S. The summed E-state index contributed by atoms with van der Waals surface area (Å²) in [6.45, 7) is 13.6. The van der Waals surface area contributed by atoms with Crippen LogP contribution in [0, 0.1) is 5.41 Å². The van der Waals surface area contributed by atoms with Crippen LogP contribution in [0.4, 0.5) is 0 Å². The minimum atomic E-state index is 0.410. The molecule has 110 valence electrons. The van der Waals surface area contributed by atoms with Crippen molar-refractivity contribution in [1.82, 2.24) is 10.2 Å². The van der Waals surface area contributed by atoms with E-state index in [2.05, 4.69) is 42.9 Å². The van der Waals surface area contributed by atoms with Crippen molar-refractivity contribution in [2.24, 2.45) is 10.4 Å². The van der Waals surface area contributed by atoms with E-state index in [0.717, 1.165) is 25.7 Å². The SMILES string of the molecule is CCN(CCNC1=NCC(CC(C)(C)C)S1)C1CC1. The van der Waals surface area contributed by atoms with Gasteiger partial charge in [0.2, 0.25) is 0 Å². The lowest BCUT2D eigenvalue weighted by Gasteiger charge is -2.22. The number of likely N-dealkylation sites (N-methyl/N-ethyl adjacent to an activating group) is 1. The Morgan fingerprint density at radius 3 is 2.68 bits per heavy atom. The number of thioether (sulfide) groups is 1. The van der Waals surface area contributed by atoms with Gasteiger partial charge < -0.3 is 5.32 Å². The number of nitrogens with one attached hydrogen (secondary N) is 1. The van der Waals surface area contributed by atoms with Gasteiger partial charge in [0.05, 0.1) is 6.54 Å². The Bertz CT molecular complexity index is 318. The van der Waals surface area contributed by atoms with Gasteiger partial charge in [-0.1, -0.05) is 39.5 Å². The molecule has 0 radical (unpaired) electrons. The summed E-state index contributed by atoms with van der Waals surface area (Å²) >= 11 is 1.94. The smallest absolute Gasteiger partial charge is 0.156 e. The average molecular weight is 283 g/mol. The monoisotopic (exact) mass is 283 g/mol. The standard InChI is InChI=1S/C15H29N3S/c1-5-18(12-6-7-12)9-8-16-14-17-11-13(19-14)10-15(2,3)4/h12-13H,5-11H2,1-4H3,(H,16,17). The third kappa shape index (κ3) is 5.35. The van der Waals surface area contributed by atoms with E-state index < -0.39 is 0 Å². The molecule has 0 aromatic carbocycles. The molecule has 1 N–H and O–H groups in total. The molecule has 4 heteroatoms. The molecule has 3 nitrogen and oxygen atoms in total. The van der Waals surface area contributed by atoms with Gasteiger partial charge in [0, 0.05) is 24.4 Å². The fourth-order valence-electron chi connectivity index (χ4n) is 2.65. The number of nitrogens with zero attached hydrogens (tertiary/aromatic N) is 2. The highest BCUT2D eigenvalue weighted by molar-refractivity contribution is 8.14. The van der Waals surface area contributed by atoms with E-state index in [0.29, 0.717) is 10.7 Å². The topological polar surface area (TPSA) is 27.6 Å². The largest absolute Gasteiger partial charge is 0.364 e. The summed E-state index contributed by atoms with van der Waals surface area (Å²) in [5.74, 6) is 0. The second kappa shape index (κ2) is 6.49. The number of amidine groups is 1. The molecule has 2 rings (SSSR count).